The Hall–Kier alpha value is -0.120. The Morgan fingerprint density at radius 2 is 1.93 bits per heavy atom. The lowest BCUT2D eigenvalue weighted by atomic mass is 10.0. The van der Waals surface area contributed by atoms with Crippen molar-refractivity contribution in [2.75, 3.05) is 26.7 Å². The highest BCUT2D eigenvalue weighted by Gasteiger charge is 2.17. The van der Waals surface area contributed by atoms with Gasteiger partial charge in [-0.15, -0.1) is 0 Å². The maximum atomic E-state index is 5.99. The largest absolute Gasteiger partial charge is 0.326 e. The molecule has 1 rings (SSSR count). The molecule has 0 aliphatic carbocycles. The van der Waals surface area contributed by atoms with Crippen LogP contribution < -0.4 is 11.1 Å². The number of nitrogens with two attached hydrogens (primary N) is 1. The van der Waals surface area contributed by atoms with Crippen LogP contribution in [0.1, 0.15) is 26.7 Å². The van der Waals surface area contributed by atoms with Crippen LogP contribution in [0.2, 0.25) is 0 Å². The monoisotopic (exact) mass is 199 g/mol. The molecule has 1 atom stereocenters. The van der Waals surface area contributed by atoms with Crippen LogP contribution in [0.25, 0.3) is 0 Å². The van der Waals surface area contributed by atoms with Crippen LogP contribution in [0, 0.1) is 5.92 Å². The fraction of sp³-hybridized carbons (Fsp3) is 1.00. The van der Waals surface area contributed by atoms with Gasteiger partial charge in [0.15, 0.2) is 0 Å². The van der Waals surface area contributed by atoms with Gasteiger partial charge in [0.2, 0.25) is 0 Å². The predicted octanol–water partition coefficient (Wildman–Crippen LogP) is 0.654. The highest BCUT2D eigenvalue weighted by atomic mass is 15.1. The Balaban J connectivity index is 2.13. The van der Waals surface area contributed by atoms with Crippen molar-refractivity contribution >= 4 is 0 Å². The molecule has 1 aliphatic heterocycles. The molecule has 3 heteroatoms. The Morgan fingerprint density at radius 1 is 1.36 bits per heavy atom. The molecule has 1 unspecified atom stereocenters. The maximum Gasteiger partial charge on any atom is 0.0188 e. The summed E-state index contributed by atoms with van der Waals surface area (Å²) in [5, 5.41) is 3.57. The molecule has 1 saturated heterocycles. The van der Waals surface area contributed by atoms with Gasteiger partial charge in [-0.1, -0.05) is 13.8 Å². The SMILES string of the molecule is CC(C)C(N)CNC1CCN(C)CC1. The van der Waals surface area contributed by atoms with Crippen molar-refractivity contribution in [2.45, 2.75) is 38.8 Å². The fourth-order valence-electron chi connectivity index (χ4n) is 1.75. The minimum atomic E-state index is 0.301. The first kappa shape index (κ1) is 12.0. The van der Waals surface area contributed by atoms with Gasteiger partial charge >= 0.3 is 0 Å². The predicted molar refractivity (Wildman–Crippen MR) is 61.3 cm³/mol. The molecular weight excluding hydrogens is 174 g/mol. The van der Waals surface area contributed by atoms with Crippen molar-refractivity contribution in [2.24, 2.45) is 11.7 Å². The number of nitrogens with one attached hydrogen (secondary N) is 1. The van der Waals surface area contributed by atoms with Gasteiger partial charge in [-0.25, -0.2) is 0 Å². The molecule has 1 fully saturated rings. The van der Waals surface area contributed by atoms with E-state index in [1.807, 2.05) is 0 Å². The molecular formula is C11H25N3. The normalized spacial score (nSPS) is 22.9. The van der Waals surface area contributed by atoms with Gasteiger partial charge in [0.25, 0.3) is 0 Å². The fourth-order valence-corrected chi connectivity index (χ4v) is 1.75. The molecule has 0 aromatic heterocycles. The molecule has 0 aromatic rings. The number of hydrogen-bond acceptors (Lipinski definition) is 3. The van der Waals surface area contributed by atoms with Gasteiger partial charge in [0.05, 0.1) is 0 Å². The van der Waals surface area contributed by atoms with Gasteiger partial charge in [0, 0.05) is 18.6 Å². The standard InChI is InChI=1S/C11H25N3/c1-9(2)11(12)8-13-10-4-6-14(3)7-5-10/h9-11,13H,4-8,12H2,1-3H3. The van der Waals surface area contributed by atoms with Crippen LogP contribution in [0.4, 0.5) is 0 Å². The first-order valence-corrected chi connectivity index (χ1v) is 5.77. The molecule has 1 heterocycles. The smallest absolute Gasteiger partial charge is 0.0188 e. The summed E-state index contributed by atoms with van der Waals surface area (Å²) in [4.78, 5) is 2.39. The van der Waals surface area contributed by atoms with Crippen LogP contribution in [-0.4, -0.2) is 43.7 Å². The topological polar surface area (TPSA) is 41.3 Å². The van der Waals surface area contributed by atoms with E-state index >= 15 is 0 Å². The minimum absolute atomic E-state index is 0.301. The van der Waals surface area contributed by atoms with Crippen LogP contribution in [-0.2, 0) is 0 Å². The zero-order valence-electron chi connectivity index (χ0n) is 9.79. The maximum absolute atomic E-state index is 5.99. The van der Waals surface area contributed by atoms with Crippen molar-refractivity contribution in [3.63, 3.8) is 0 Å². The van der Waals surface area contributed by atoms with Gasteiger partial charge in [-0.2, -0.15) is 0 Å². The summed E-state index contributed by atoms with van der Waals surface area (Å²) in [5.74, 6) is 0.578. The van der Waals surface area contributed by atoms with Crippen molar-refractivity contribution in [1.82, 2.24) is 10.2 Å². The van der Waals surface area contributed by atoms with Crippen LogP contribution in [0.3, 0.4) is 0 Å². The Labute approximate surface area is 88.0 Å². The van der Waals surface area contributed by atoms with E-state index in [1.54, 1.807) is 0 Å². The molecule has 0 radical (unpaired) electrons. The third-order valence-corrected chi connectivity index (χ3v) is 3.22. The number of rotatable bonds is 4. The van der Waals surface area contributed by atoms with E-state index in [-0.39, 0.29) is 0 Å². The highest BCUT2D eigenvalue weighted by molar-refractivity contribution is 4.78. The summed E-state index contributed by atoms with van der Waals surface area (Å²) in [6.07, 6.45) is 2.53. The van der Waals surface area contributed by atoms with Crippen LogP contribution >= 0.6 is 0 Å². The van der Waals surface area contributed by atoms with Gasteiger partial charge in [0.1, 0.15) is 0 Å². The lowest BCUT2D eigenvalue weighted by Crippen LogP contribution is -2.46. The molecule has 0 aromatic carbocycles. The van der Waals surface area contributed by atoms with Gasteiger partial charge < -0.3 is 16.0 Å². The third kappa shape index (κ3) is 3.95. The molecule has 0 amide bonds. The molecule has 84 valence electrons. The van der Waals surface area contributed by atoms with E-state index in [0.717, 1.165) is 6.54 Å². The Kier molecular flexibility index (Phi) is 4.85. The van der Waals surface area contributed by atoms with Gasteiger partial charge in [-0.05, 0) is 38.9 Å². The quantitative estimate of drug-likeness (QED) is 0.698. The van der Waals surface area contributed by atoms with E-state index < -0.39 is 0 Å². The van der Waals surface area contributed by atoms with E-state index in [4.69, 9.17) is 5.73 Å². The van der Waals surface area contributed by atoms with Crippen LogP contribution in [0.5, 0.6) is 0 Å². The average molecular weight is 199 g/mol. The summed E-state index contributed by atoms with van der Waals surface area (Å²) < 4.78 is 0. The van der Waals surface area contributed by atoms with Crippen molar-refractivity contribution in [1.29, 1.82) is 0 Å². The van der Waals surface area contributed by atoms with Gasteiger partial charge in [-0.3, -0.25) is 0 Å². The van der Waals surface area contributed by atoms with Crippen LogP contribution in [0.15, 0.2) is 0 Å². The molecule has 0 spiro atoms. The second-order valence-electron chi connectivity index (χ2n) is 4.89. The number of likely N-dealkylation sites (tertiary alicyclic amines) is 1. The lowest BCUT2D eigenvalue weighted by Gasteiger charge is -2.30. The third-order valence-electron chi connectivity index (χ3n) is 3.22. The number of nitrogens with zero attached hydrogens (tertiary/aromatic N) is 1. The lowest BCUT2D eigenvalue weighted by molar-refractivity contribution is 0.231. The molecule has 0 saturated carbocycles. The molecule has 14 heavy (non-hydrogen) atoms. The molecule has 1 aliphatic rings. The van der Waals surface area contributed by atoms with E-state index in [1.165, 1.54) is 25.9 Å². The molecule has 3 N–H and O–H groups in total. The number of hydrogen-bond donors (Lipinski definition) is 2. The van der Waals surface area contributed by atoms with Crippen molar-refractivity contribution < 1.29 is 0 Å². The van der Waals surface area contributed by atoms with Crippen molar-refractivity contribution in [3.8, 4) is 0 Å². The molecule has 0 bridgehead atoms. The van der Waals surface area contributed by atoms with E-state index in [2.05, 4.69) is 31.1 Å². The minimum Gasteiger partial charge on any atom is -0.326 e. The summed E-state index contributed by atoms with van der Waals surface area (Å²) >= 11 is 0. The average Bonchev–Trinajstić information content (AvgIpc) is 2.16. The summed E-state index contributed by atoms with van der Waals surface area (Å²) in [7, 11) is 2.19. The summed E-state index contributed by atoms with van der Waals surface area (Å²) in [5.41, 5.74) is 5.99. The summed E-state index contributed by atoms with van der Waals surface area (Å²) in [6, 6.07) is 0.991. The Morgan fingerprint density at radius 3 is 2.43 bits per heavy atom. The van der Waals surface area contributed by atoms with E-state index in [0.29, 0.717) is 18.0 Å². The zero-order valence-corrected chi connectivity index (χ0v) is 9.79. The highest BCUT2D eigenvalue weighted by Crippen LogP contribution is 2.08. The molecule has 3 nitrogen and oxygen atoms in total. The Bertz CT molecular complexity index is 151. The first-order valence-electron chi connectivity index (χ1n) is 5.77. The number of piperidine rings is 1. The van der Waals surface area contributed by atoms with E-state index in [9.17, 15) is 0 Å². The zero-order chi connectivity index (χ0) is 10.6. The first-order chi connectivity index (χ1) is 6.59. The second-order valence-corrected chi connectivity index (χ2v) is 4.89. The van der Waals surface area contributed by atoms with Crippen molar-refractivity contribution in [3.05, 3.63) is 0 Å². The summed E-state index contributed by atoms with van der Waals surface area (Å²) in [6.45, 7) is 7.76. The second kappa shape index (κ2) is 5.69.